The molecule has 1 aromatic rings. The topological polar surface area (TPSA) is 73.9 Å². The molecule has 8 heteroatoms. The predicted molar refractivity (Wildman–Crippen MR) is 115 cm³/mol. The molecule has 0 bridgehead atoms. The van der Waals surface area contributed by atoms with Crippen LogP contribution in [0.2, 0.25) is 5.02 Å². The quantitative estimate of drug-likeness (QED) is 0.551. The van der Waals surface area contributed by atoms with Gasteiger partial charge in [-0.05, 0) is 71.6 Å². The Morgan fingerprint density at radius 2 is 1.79 bits per heavy atom. The van der Waals surface area contributed by atoms with E-state index in [0.717, 1.165) is 5.56 Å². The van der Waals surface area contributed by atoms with E-state index in [4.69, 9.17) is 25.6 Å². The second-order valence-electron chi connectivity index (χ2n) is 9.06. The summed E-state index contributed by atoms with van der Waals surface area (Å²) in [5.41, 5.74) is 0.148. The SMILES string of the molecule is CC(C)(C)OC(=O)NCC(=Cc1ccc(Cl)c(C=O)c1)B1OC(C)(C)C(C)(C)O1. The van der Waals surface area contributed by atoms with E-state index in [0.29, 0.717) is 22.3 Å². The lowest BCUT2D eigenvalue weighted by Crippen LogP contribution is -2.41. The molecular weight excluding hydrogens is 392 g/mol. The van der Waals surface area contributed by atoms with Crippen molar-refractivity contribution >= 4 is 37.2 Å². The van der Waals surface area contributed by atoms with Crippen LogP contribution in [0, 0.1) is 0 Å². The molecule has 1 saturated heterocycles. The lowest BCUT2D eigenvalue weighted by molar-refractivity contribution is 0.00578. The molecule has 1 aliphatic heterocycles. The summed E-state index contributed by atoms with van der Waals surface area (Å²) >= 11 is 6.02. The van der Waals surface area contributed by atoms with E-state index in [9.17, 15) is 9.59 Å². The highest BCUT2D eigenvalue weighted by Gasteiger charge is 2.52. The molecule has 158 valence electrons. The van der Waals surface area contributed by atoms with Crippen LogP contribution in [0.25, 0.3) is 6.08 Å². The maximum Gasteiger partial charge on any atom is 0.492 e. The zero-order valence-corrected chi connectivity index (χ0v) is 18.8. The maximum absolute atomic E-state index is 12.1. The third-order valence-electron chi connectivity index (χ3n) is 4.89. The molecular formula is C21H29BClNO5. The Labute approximate surface area is 178 Å². The number of carbonyl (C=O) groups excluding carboxylic acids is 2. The van der Waals surface area contributed by atoms with Gasteiger partial charge in [0.15, 0.2) is 6.29 Å². The minimum absolute atomic E-state index is 0.158. The van der Waals surface area contributed by atoms with Crippen molar-refractivity contribution in [2.75, 3.05) is 6.54 Å². The summed E-state index contributed by atoms with van der Waals surface area (Å²) in [5, 5.41) is 3.12. The van der Waals surface area contributed by atoms with Gasteiger partial charge in [0.25, 0.3) is 0 Å². The Hall–Kier alpha value is -1.83. The van der Waals surface area contributed by atoms with Gasteiger partial charge in [-0.1, -0.05) is 23.7 Å². The van der Waals surface area contributed by atoms with Gasteiger partial charge in [-0.25, -0.2) is 4.79 Å². The first-order chi connectivity index (χ1) is 13.2. The van der Waals surface area contributed by atoms with Crippen molar-refractivity contribution in [2.45, 2.75) is 65.3 Å². The minimum Gasteiger partial charge on any atom is -0.444 e. The number of hydrogen-bond donors (Lipinski definition) is 1. The highest BCUT2D eigenvalue weighted by atomic mass is 35.5. The first-order valence-electron chi connectivity index (χ1n) is 9.52. The van der Waals surface area contributed by atoms with Crippen molar-refractivity contribution in [3.8, 4) is 0 Å². The van der Waals surface area contributed by atoms with Gasteiger partial charge < -0.3 is 19.4 Å². The van der Waals surface area contributed by atoms with Gasteiger partial charge in [0.05, 0.1) is 16.2 Å². The molecule has 0 aromatic heterocycles. The molecule has 1 aromatic carbocycles. The van der Waals surface area contributed by atoms with Crippen molar-refractivity contribution in [2.24, 2.45) is 0 Å². The average molecular weight is 422 g/mol. The van der Waals surface area contributed by atoms with Gasteiger partial charge in [-0.2, -0.15) is 0 Å². The van der Waals surface area contributed by atoms with Crippen molar-refractivity contribution in [3.63, 3.8) is 0 Å². The summed E-state index contributed by atoms with van der Waals surface area (Å²) in [7, 11) is -0.662. The molecule has 6 nitrogen and oxygen atoms in total. The van der Waals surface area contributed by atoms with Gasteiger partial charge >= 0.3 is 13.2 Å². The van der Waals surface area contributed by atoms with E-state index < -0.39 is 30.0 Å². The fourth-order valence-electron chi connectivity index (χ4n) is 2.64. The fourth-order valence-corrected chi connectivity index (χ4v) is 2.80. The monoisotopic (exact) mass is 421 g/mol. The van der Waals surface area contributed by atoms with Crippen molar-refractivity contribution in [3.05, 3.63) is 39.8 Å². The van der Waals surface area contributed by atoms with Gasteiger partial charge in [0, 0.05) is 12.1 Å². The highest BCUT2D eigenvalue weighted by molar-refractivity contribution is 6.56. The first kappa shape index (κ1) is 23.5. The lowest BCUT2D eigenvalue weighted by Gasteiger charge is -2.32. The van der Waals surface area contributed by atoms with E-state index in [1.165, 1.54) is 0 Å². The van der Waals surface area contributed by atoms with Crippen LogP contribution < -0.4 is 5.32 Å². The molecule has 1 amide bonds. The molecule has 0 spiro atoms. The zero-order chi connectivity index (χ0) is 22.0. The maximum atomic E-state index is 12.1. The Kier molecular flexibility index (Phi) is 6.88. The summed E-state index contributed by atoms with van der Waals surface area (Å²) in [5.74, 6) is 0. The minimum atomic E-state index is -0.662. The zero-order valence-electron chi connectivity index (χ0n) is 18.1. The first-order valence-corrected chi connectivity index (χ1v) is 9.89. The molecule has 1 heterocycles. The number of halogens is 1. The average Bonchev–Trinajstić information content (AvgIpc) is 2.79. The van der Waals surface area contributed by atoms with Crippen LogP contribution >= 0.6 is 11.6 Å². The third-order valence-corrected chi connectivity index (χ3v) is 5.24. The van der Waals surface area contributed by atoms with Crippen LogP contribution in [0.3, 0.4) is 0 Å². The van der Waals surface area contributed by atoms with Gasteiger partial charge in [-0.15, -0.1) is 0 Å². The Morgan fingerprint density at radius 1 is 1.21 bits per heavy atom. The van der Waals surface area contributed by atoms with E-state index in [-0.39, 0.29) is 6.54 Å². The molecule has 0 aliphatic carbocycles. The van der Waals surface area contributed by atoms with Gasteiger partial charge in [-0.3, -0.25) is 4.79 Å². The standard InChI is InChI=1S/C21H29BClNO5/c1-19(2,3)27-18(26)24-12-16(22-28-20(4,5)21(6,7)29-22)11-14-8-9-17(23)15(10-14)13-25/h8-11,13H,12H2,1-7H3,(H,24,26). The Morgan fingerprint density at radius 3 is 2.31 bits per heavy atom. The van der Waals surface area contributed by atoms with Crippen LogP contribution in [0.4, 0.5) is 4.79 Å². The number of benzene rings is 1. The molecule has 1 N–H and O–H groups in total. The summed E-state index contributed by atoms with van der Waals surface area (Å²) in [6.07, 6.45) is 1.99. The number of hydrogen-bond acceptors (Lipinski definition) is 5. The number of aldehydes is 1. The van der Waals surface area contributed by atoms with Crippen LogP contribution in [-0.2, 0) is 14.0 Å². The summed E-state index contributed by atoms with van der Waals surface area (Å²) < 4.78 is 17.6. The molecule has 0 radical (unpaired) electrons. The van der Waals surface area contributed by atoms with E-state index in [1.54, 1.807) is 39.0 Å². The fraction of sp³-hybridized carbons (Fsp3) is 0.524. The van der Waals surface area contributed by atoms with Crippen molar-refractivity contribution < 1.29 is 23.6 Å². The molecule has 0 saturated carbocycles. The van der Waals surface area contributed by atoms with Crippen LogP contribution in [0.5, 0.6) is 0 Å². The number of alkyl carbamates (subject to hydrolysis) is 1. The second-order valence-corrected chi connectivity index (χ2v) is 9.47. The summed E-state index contributed by atoms with van der Waals surface area (Å²) in [4.78, 5) is 23.3. The largest absolute Gasteiger partial charge is 0.492 e. The number of carbonyl (C=O) groups is 2. The van der Waals surface area contributed by atoms with E-state index in [1.807, 2.05) is 33.8 Å². The highest BCUT2D eigenvalue weighted by Crippen LogP contribution is 2.38. The molecule has 29 heavy (non-hydrogen) atoms. The summed E-state index contributed by atoms with van der Waals surface area (Å²) in [6, 6.07) is 5.11. The Bertz CT molecular complexity index is 798. The number of ether oxygens (including phenoxy) is 1. The van der Waals surface area contributed by atoms with Gasteiger partial charge in [0.2, 0.25) is 0 Å². The van der Waals surface area contributed by atoms with Gasteiger partial charge in [0.1, 0.15) is 5.60 Å². The molecule has 1 fully saturated rings. The van der Waals surface area contributed by atoms with E-state index in [2.05, 4.69) is 5.32 Å². The molecule has 0 atom stereocenters. The van der Waals surface area contributed by atoms with Crippen LogP contribution in [0.1, 0.15) is 64.4 Å². The van der Waals surface area contributed by atoms with Crippen LogP contribution in [0.15, 0.2) is 23.7 Å². The Balaban J connectivity index is 2.31. The lowest BCUT2D eigenvalue weighted by atomic mass is 9.77. The van der Waals surface area contributed by atoms with Crippen molar-refractivity contribution in [1.29, 1.82) is 0 Å². The predicted octanol–water partition coefficient (Wildman–Crippen LogP) is 4.69. The third kappa shape index (κ3) is 6.08. The molecule has 2 rings (SSSR count). The molecule has 0 unspecified atom stereocenters. The van der Waals surface area contributed by atoms with E-state index >= 15 is 0 Å². The second kappa shape index (κ2) is 8.50. The summed E-state index contributed by atoms with van der Waals surface area (Å²) in [6.45, 7) is 13.4. The smallest absolute Gasteiger partial charge is 0.444 e. The number of rotatable bonds is 5. The van der Waals surface area contributed by atoms with Crippen LogP contribution in [-0.4, -0.2) is 42.8 Å². The number of nitrogens with one attached hydrogen (secondary N) is 1. The normalized spacial score (nSPS) is 18.5. The number of amides is 1. The molecule has 1 aliphatic rings. The van der Waals surface area contributed by atoms with Crippen molar-refractivity contribution in [1.82, 2.24) is 5.32 Å².